The number of hydrogen-bond donors (Lipinski definition) is 2. The second-order valence-electron chi connectivity index (χ2n) is 9.12. The summed E-state index contributed by atoms with van der Waals surface area (Å²) in [5.74, 6) is -0.383. The van der Waals surface area contributed by atoms with E-state index in [0.29, 0.717) is 17.5 Å². The third kappa shape index (κ3) is 4.99. The van der Waals surface area contributed by atoms with Crippen molar-refractivity contribution in [3.05, 3.63) is 44.6 Å². The van der Waals surface area contributed by atoms with Crippen molar-refractivity contribution in [3.8, 4) is 0 Å². The molecule has 3 rings (SSSR count). The third-order valence-corrected chi connectivity index (χ3v) is 5.32. The van der Waals surface area contributed by atoms with Gasteiger partial charge in [0.05, 0.1) is 10.9 Å². The quantitative estimate of drug-likeness (QED) is 0.533. The van der Waals surface area contributed by atoms with E-state index >= 15 is 0 Å². The maximum absolute atomic E-state index is 13.3. The first kappa shape index (κ1) is 24.2. The molecule has 0 aliphatic carbocycles. The lowest BCUT2D eigenvalue weighted by Crippen LogP contribution is -2.37. The van der Waals surface area contributed by atoms with Gasteiger partial charge in [-0.3, -0.25) is 19.0 Å². The Morgan fingerprint density at radius 1 is 1.06 bits per heavy atom. The maximum atomic E-state index is 13.3. The lowest BCUT2D eigenvalue weighted by molar-refractivity contribution is -0.122. The molecule has 33 heavy (non-hydrogen) atoms. The van der Waals surface area contributed by atoms with Gasteiger partial charge in [-0.25, -0.2) is 13.9 Å². The van der Waals surface area contributed by atoms with E-state index in [1.54, 1.807) is 12.1 Å². The van der Waals surface area contributed by atoms with Crippen LogP contribution in [-0.2, 0) is 17.9 Å². The molecule has 0 spiro atoms. The smallest absolute Gasteiger partial charge is 0.352 e. The van der Waals surface area contributed by atoms with Crippen molar-refractivity contribution in [1.82, 2.24) is 29.4 Å². The van der Waals surface area contributed by atoms with Crippen LogP contribution in [0.2, 0.25) is 0 Å². The predicted molar refractivity (Wildman–Crippen MR) is 127 cm³/mol. The van der Waals surface area contributed by atoms with Crippen LogP contribution in [0, 0.1) is 5.92 Å². The van der Waals surface area contributed by atoms with Crippen molar-refractivity contribution < 1.29 is 9.59 Å². The molecule has 0 saturated carbocycles. The first-order chi connectivity index (χ1) is 15.5. The Labute approximate surface area is 191 Å². The minimum atomic E-state index is -0.548. The Morgan fingerprint density at radius 3 is 2.36 bits per heavy atom. The predicted octanol–water partition coefficient (Wildman–Crippen LogP) is 1.52. The van der Waals surface area contributed by atoms with Crippen LogP contribution < -0.4 is 21.9 Å². The molecule has 10 nitrogen and oxygen atoms in total. The number of nitrogens with zero attached hydrogens (tertiary/aromatic N) is 4. The molecule has 2 amide bonds. The Balaban J connectivity index is 2.25. The highest BCUT2D eigenvalue weighted by Gasteiger charge is 2.21. The third-order valence-electron chi connectivity index (χ3n) is 5.32. The topological polar surface area (TPSA) is 120 Å². The van der Waals surface area contributed by atoms with Gasteiger partial charge in [0.25, 0.3) is 11.5 Å². The van der Waals surface area contributed by atoms with E-state index in [0.717, 1.165) is 11.1 Å². The van der Waals surface area contributed by atoms with Crippen LogP contribution in [0.3, 0.4) is 0 Å². The Hall–Kier alpha value is -3.43. The van der Waals surface area contributed by atoms with Gasteiger partial charge in [0.15, 0.2) is 0 Å². The summed E-state index contributed by atoms with van der Waals surface area (Å²) in [6.07, 6.45) is 0.756. The first-order valence-electron chi connectivity index (χ1n) is 11.3. The van der Waals surface area contributed by atoms with Crippen molar-refractivity contribution in [2.24, 2.45) is 5.92 Å². The van der Waals surface area contributed by atoms with Crippen molar-refractivity contribution in [1.29, 1.82) is 0 Å². The molecule has 1 atom stereocenters. The molecule has 0 aliphatic heterocycles. The van der Waals surface area contributed by atoms with Crippen LogP contribution in [0.5, 0.6) is 0 Å². The number of fused-ring (bicyclic) bond motifs is 3. The highest BCUT2D eigenvalue weighted by atomic mass is 16.2. The van der Waals surface area contributed by atoms with Crippen LogP contribution in [-0.4, -0.2) is 42.6 Å². The molecule has 3 aromatic rings. The second kappa shape index (κ2) is 9.60. The van der Waals surface area contributed by atoms with E-state index in [9.17, 15) is 19.2 Å². The number of rotatable bonds is 8. The van der Waals surface area contributed by atoms with Gasteiger partial charge in [0.2, 0.25) is 11.7 Å². The molecule has 10 heteroatoms. The van der Waals surface area contributed by atoms with Crippen LogP contribution in [0.4, 0.5) is 0 Å². The van der Waals surface area contributed by atoms with Crippen LogP contribution in [0.15, 0.2) is 27.8 Å². The zero-order valence-electron chi connectivity index (χ0n) is 20.0. The lowest BCUT2D eigenvalue weighted by atomic mass is 10.1. The van der Waals surface area contributed by atoms with Gasteiger partial charge in [0, 0.05) is 24.2 Å². The Morgan fingerprint density at radius 2 is 1.76 bits per heavy atom. The van der Waals surface area contributed by atoms with Crippen LogP contribution in [0.25, 0.3) is 16.7 Å². The molecular formula is C23H32N6O4. The zero-order chi connectivity index (χ0) is 24.4. The van der Waals surface area contributed by atoms with Crippen molar-refractivity contribution >= 4 is 28.5 Å². The largest absolute Gasteiger partial charge is 0.352 e. The monoisotopic (exact) mass is 456 g/mol. The number of nitrogens with one attached hydrogen (secondary N) is 2. The summed E-state index contributed by atoms with van der Waals surface area (Å²) in [5, 5.41) is 10.3. The normalized spacial score (nSPS) is 12.6. The SMILES string of the molecule is CCC(C)NC(=O)Cn1nc2n(CC(C)C)c(=O)c3ccc(C(=O)NC(C)C)cc3n2c1=O. The summed E-state index contributed by atoms with van der Waals surface area (Å²) in [5.41, 5.74) is -0.242. The lowest BCUT2D eigenvalue weighted by Gasteiger charge is -2.13. The summed E-state index contributed by atoms with van der Waals surface area (Å²) in [6.45, 7) is 11.5. The highest BCUT2D eigenvalue weighted by molar-refractivity contribution is 5.98. The van der Waals surface area contributed by atoms with Gasteiger partial charge in [-0.05, 0) is 51.3 Å². The standard InChI is InChI=1S/C23H32N6O4/c1-7-15(6)25-19(30)12-28-23(33)29-18-10-16(20(31)24-14(4)5)8-9-17(18)21(32)27(11-13(2)3)22(29)26-28/h8-10,13-15H,7,11-12H2,1-6H3,(H,24,31)(H,25,30). The summed E-state index contributed by atoms with van der Waals surface area (Å²) in [7, 11) is 0. The van der Waals surface area contributed by atoms with Crippen LogP contribution in [0.1, 0.15) is 58.3 Å². The molecule has 0 bridgehead atoms. The van der Waals surface area contributed by atoms with E-state index in [4.69, 9.17) is 0 Å². The van der Waals surface area contributed by atoms with E-state index in [1.165, 1.54) is 15.0 Å². The van der Waals surface area contributed by atoms with Gasteiger partial charge < -0.3 is 10.6 Å². The fraction of sp³-hybridized carbons (Fsp3) is 0.522. The van der Waals surface area contributed by atoms with Crippen molar-refractivity contribution in [3.63, 3.8) is 0 Å². The second-order valence-corrected chi connectivity index (χ2v) is 9.12. The number of amides is 2. The maximum Gasteiger partial charge on any atom is 0.352 e. The molecule has 1 unspecified atom stereocenters. The molecule has 0 radical (unpaired) electrons. The van der Waals surface area contributed by atoms with E-state index in [-0.39, 0.29) is 53.2 Å². The number of aromatic nitrogens is 4. The van der Waals surface area contributed by atoms with E-state index in [1.807, 2.05) is 41.5 Å². The highest BCUT2D eigenvalue weighted by Crippen LogP contribution is 2.15. The van der Waals surface area contributed by atoms with Gasteiger partial charge in [-0.1, -0.05) is 20.8 Å². The fourth-order valence-corrected chi connectivity index (χ4v) is 3.59. The van der Waals surface area contributed by atoms with Crippen molar-refractivity contribution in [2.75, 3.05) is 0 Å². The number of benzene rings is 1. The van der Waals surface area contributed by atoms with E-state index in [2.05, 4.69) is 15.7 Å². The van der Waals surface area contributed by atoms with Crippen molar-refractivity contribution in [2.45, 2.75) is 73.1 Å². The first-order valence-corrected chi connectivity index (χ1v) is 11.3. The molecule has 2 N–H and O–H groups in total. The molecule has 0 fully saturated rings. The zero-order valence-corrected chi connectivity index (χ0v) is 20.0. The Kier molecular flexibility index (Phi) is 7.04. The molecule has 2 aromatic heterocycles. The minimum Gasteiger partial charge on any atom is -0.352 e. The average molecular weight is 457 g/mol. The van der Waals surface area contributed by atoms with Crippen LogP contribution >= 0.6 is 0 Å². The van der Waals surface area contributed by atoms with Gasteiger partial charge in [0.1, 0.15) is 6.54 Å². The van der Waals surface area contributed by atoms with E-state index < -0.39 is 5.69 Å². The molecule has 2 heterocycles. The Bertz CT molecular complexity index is 1310. The summed E-state index contributed by atoms with van der Waals surface area (Å²) in [6, 6.07) is 4.55. The molecule has 178 valence electrons. The summed E-state index contributed by atoms with van der Waals surface area (Å²) < 4.78 is 3.82. The number of hydrogen-bond acceptors (Lipinski definition) is 5. The molecule has 0 aliphatic rings. The summed E-state index contributed by atoms with van der Waals surface area (Å²) in [4.78, 5) is 51.5. The fourth-order valence-electron chi connectivity index (χ4n) is 3.59. The minimum absolute atomic E-state index is 0.0350. The average Bonchev–Trinajstić information content (AvgIpc) is 3.05. The number of carbonyl (C=O) groups is 2. The number of carbonyl (C=O) groups excluding carboxylic acids is 2. The summed E-state index contributed by atoms with van der Waals surface area (Å²) >= 11 is 0. The molecular weight excluding hydrogens is 424 g/mol. The van der Waals surface area contributed by atoms with Gasteiger partial charge in [-0.2, -0.15) is 0 Å². The van der Waals surface area contributed by atoms with Gasteiger partial charge >= 0.3 is 5.69 Å². The van der Waals surface area contributed by atoms with Gasteiger partial charge in [-0.15, -0.1) is 5.10 Å². The molecule has 1 aromatic carbocycles. The molecule has 0 saturated heterocycles.